The maximum atomic E-state index is 5.74. The standard InChI is InChI=1S/C15H27N3O2S/c1-4-12-11-18(7-9-20-12)15-17-13(5-2)14(21-15)10-16-6-8-19-3/h12,16H,4-11H2,1-3H3. The van der Waals surface area contributed by atoms with Gasteiger partial charge in [0.15, 0.2) is 5.13 Å². The second-order valence-corrected chi connectivity index (χ2v) is 6.30. The number of hydrogen-bond donors (Lipinski definition) is 1. The normalized spacial score (nSPS) is 19.2. The third-order valence-corrected chi connectivity index (χ3v) is 4.89. The van der Waals surface area contributed by atoms with E-state index in [0.29, 0.717) is 6.10 Å². The Morgan fingerprint density at radius 3 is 3.05 bits per heavy atom. The van der Waals surface area contributed by atoms with Gasteiger partial charge in [-0.1, -0.05) is 13.8 Å². The Hall–Kier alpha value is -0.690. The molecule has 0 spiro atoms. The third kappa shape index (κ3) is 4.64. The number of hydrogen-bond acceptors (Lipinski definition) is 6. The molecule has 2 rings (SSSR count). The molecule has 1 aromatic heterocycles. The lowest BCUT2D eigenvalue weighted by atomic mass is 10.2. The zero-order chi connectivity index (χ0) is 15.1. The lowest BCUT2D eigenvalue weighted by Crippen LogP contribution is -2.42. The van der Waals surface area contributed by atoms with E-state index in [1.807, 2.05) is 11.3 Å². The van der Waals surface area contributed by atoms with E-state index < -0.39 is 0 Å². The molecule has 120 valence electrons. The first-order chi connectivity index (χ1) is 10.3. The predicted molar refractivity (Wildman–Crippen MR) is 87.3 cm³/mol. The topological polar surface area (TPSA) is 46.6 Å². The quantitative estimate of drug-likeness (QED) is 0.744. The van der Waals surface area contributed by atoms with Crippen molar-refractivity contribution in [3.05, 3.63) is 10.6 Å². The average Bonchev–Trinajstić information content (AvgIpc) is 2.95. The van der Waals surface area contributed by atoms with Crippen LogP contribution in [0, 0.1) is 0 Å². The summed E-state index contributed by atoms with van der Waals surface area (Å²) in [5, 5.41) is 4.57. The molecule has 0 aliphatic carbocycles. The van der Waals surface area contributed by atoms with Gasteiger partial charge in [0.2, 0.25) is 0 Å². The summed E-state index contributed by atoms with van der Waals surface area (Å²) in [6, 6.07) is 0. The summed E-state index contributed by atoms with van der Waals surface area (Å²) in [5.74, 6) is 0. The van der Waals surface area contributed by atoms with Crippen molar-refractivity contribution in [1.29, 1.82) is 0 Å². The van der Waals surface area contributed by atoms with Crippen LogP contribution < -0.4 is 10.2 Å². The Kier molecular flexibility index (Phi) is 6.89. The SMILES string of the molecule is CCc1nc(N2CCOC(CC)C2)sc1CNCCOC. The molecule has 1 N–H and O–H groups in total. The minimum absolute atomic E-state index is 0.344. The molecule has 1 aliphatic heterocycles. The van der Waals surface area contributed by atoms with Crippen molar-refractivity contribution in [2.75, 3.05) is 44.9 Å². The molecule has 6 heteroatoms. The minimum Gasteiger partial charge on any atom is -0.383 e. The molecule has 1 atom stereocenters. The van der Waals surface area contributed by atoms with Gasteiger partial charge in [-0.25, -0.2) is 4.98 Å². The number of nitrogens with one attached hydrogen (secondary N) is 1. The monoisotopic (exact) mass is 313 g/mol. The van der Waals surface area contributed by atoms with Gasteiger partial charge in [0.1, 0.15) is 0 Å². The number of thiazole rings is 1. The van der Waals surface area contributed by atoms with Gasteiger partial charge in [0, 0.05) is 38.2 Å². The zero-order valence-corrected chi connectivity index (χ0v) is 14.2. The van der Waals surface area contributed by atoms with E-state index in [1.165, 1.54) is 10.6 Å². The summed E-state index contributed by atoms with van der Waals surface area (Å²) in [6.07, 6.45) is 2.39. The summed E-state index contributed by atoms with van der Waals surface area (Å²) >= 11 is 1.82. The Balaban J connectivity index is 1.98. The minimum atomic E-state index is 0.344. The Bertz CT molecular complexity index is 425. The van der Waals surface area contributed by atoms with Crippen molar-refractivity contribution in [2.45, 2.75) is 39.3 Å². The molecule has 21 heavy (non-hydrogen) atoms. The summed E-state index contributed by atoms with van der Waals surface area (Å²) < 4.78 is 10.8. The summed E-state index contributed by atoms with van der Waals surface area (Å²) in [6.45, 7) is 9.57. The Morgan fingerprint density at radius 1 is 1.48 bits per heavy atom. The van der Waals surface area contributed by atoms with Gasteiger partial charge >= 0.3 is 0 Å². The lowest BCUT2D eigenvalue weighted by Gasteiger charge is -2.32. The highest BCUT2D eigenvalue weighted by Crippen LogP contribution is 2.28. The highest BCUT2D eigenvalue weighted by Gasteiger charge is 2.22. The van der Waals surface area contributed by atoms with Crippen molar-refractivity contribution in [3.8, 4) is 0 Å². The van der Waals surface area contributed by atoms with Gasteiger partial charge in [-0.3, -0.25) is 0 Å². The summed E-state index contributed by atoms with van der Waals surface area (Å²) in [7, 11) is 1.73. The van der Waals surface area contributed by atoms with Crippen molar-refractivity contribution >= 4 is 16.5 Å². The molecule has 1 unspecified atom stereocenters. The molecular formula is C15H27N3O2S. The third-order valence-electron chi connectivity index (χ3n) is 3.74. The average molecular weight is 313 g/mol. The molecule has 0 saturated carbocycles. The van der Waals surface area contributed by atoms with E-state index >= 15 is 0 Å². The molecule has 0 bridgehead atoms. The first-order valence-electron chi connectivity index (χ1n) is 7.83. The van der Waals surface area contributed by atoms with Gasteiger partial charge in [-0.15, -0.1) is 11.3 Å². The number of methoxy groups -OCH3 is 1. The van der Waals surface area contributed by atoms with Gasteiger partial charge in [-0.05, 0) is 12.8 Å². The highest BCUT2D eigenvalue weighted by molar-refractivity contribution is 7.15. The molecule has 1 aromatic rings. The number of ether oxygens (including phenoxy) is 2. The lowest BCUT2D eigenvalue weighted by molar-refractivity contribution is 0.0384. The number of anilines is 1. The van der Waals surface area contributed by atoms with E-state index in [-0.39, 0.29) is 0 Å². The van der Waals surface area contributed by atoms with E-state index in [2.05, 4.69) is 24.1 Å². The van der Waals surface area contributed by atoms with E-state index in [0.717, 1.165) is 57.4 Å². The van der Waals surface area contributed by atoms with Crippen molar-refractivity contribution in [3.63, 3.8) is 0 Å². The molecule has 2 heterocycles. The second kappa shape index (κ2) is 8.68. The summed E-state index contributed by atoms with van der Waals surface area (Å²) in [5.41, 5.74) is 1.22. The largest absolute Gasteiger partial charge is 0.383 e. The van der Waals surface area contributed by atoms with Gasteiger partial charge in [0.05, 0.1) is 25.0 Å². The molecule has 0 aromatic carbocycles. The smallest absolute Gasteiger partial charge is 0.185 e. The molecule has 5 nitrogen and oxygen atoms in total. The van der Waals surface area contributed by atoms with Crippen LogP contribution in [0.25, 0.3) is 0 Å². The first-order valence-corrected chi connectivity index (χ1v) is 8.64. The summed E-state index contributed by atoms with van der Waals surface area (Å²) in [4.78, 5) is 8.56. The first kappa shape index (κ1) is 16.7. The maximum absolute atomic E-state index is 5.74. The fourth-order valence-corrected chi connectivity index (χ4v) is 3.59. The van der Waals surface area contributed by atoms with Gasteiger partial charge < -0.3 is 19.7 Å². The predicted octanol–water partition coefficient (Wildman–Crippen LogP) is 2.06. The van der Waals surface area contributed by atoms with Gasteiger partial charge in [0.25, 0.3) is 0 Å². The van der Waals surface area contributed by atoms with E-state index in [9.17, 15) is 0 Å². The number of aromatic nitrogens is 1. The number of rotatable bonds is 8. The highest BCUT2D eigenvalue weighted by atomic mass is 32.1. The van der Waals surface area contributed by atoms with Crippen LogP contribution >= 0.6 is 11.3 Å². The van der Waals surface area contributed by atoms with Crippen LogP contribution in [-0.4, -0.2) is 51.0 Å². The Morgan fingerprint density at radius 2 is 2.33 bits per heavy atom. The van der Waals surface area contributed by atoms with Crippen LogP contribution in [0.5, 0.6) is 0 Å². The van der Waals surface area contributed by atoms with Crippen LogP contribution in [0.1, 0.15) is 30.8 Å². The molecule has 1 fully saturated rings. The molecule has 0 radical (unpaired) electrons. The van der Waals surface area contributed by atoms with Crippen LogP contribution in [0.15, 0.2) is 0 Å². The maximum Gasteiger partial charge on any atom is 0.185 e. The number of aryl methyl sites for hydroxylation is 1. The van der Waals surface area contributed by atoms with Crippen molar-refractivity contribution in [2.24, 2.45) is 0 Å². The van der Waals surface area contributed by atoms with Crippen LogP contribution in [0.4, 0.5) is 5.13 Å². The Labute approximate surface area is 131 Å². The van der Waals surface area contributed by atoms with E-state index in [1.54, 1.807) is 7.11 Å². The second-order valence-electron chi connectivity index (χ2n) is 5.24. The van der Waals surface area contributed by atoms with Crippen molar-refractivity contribution < 1.29 is 9.47 Å². The van der Waals surface area contributed by atoms with Gasteiger partial charge in [-0.2, -0.15) is 0 Å². The van der Waals surface area contributed by atoms with E-state index in [4.69, 9.17) is 14.5 Å². The molecule has 0 amide bonds. The van der Waals surface area contributed by atoms with Crippen LogP contribution in [-0.2, 0) is 22.4 Å². The number of nitrogens with zero attached hydrogens (tertiary/aromatic N) is 2. The fourth-order valence-electron chi connectivity index (χ4n) is 2.44. The van der Waals surface area contributed by atoms with Crippen LogP contribution in [0.2, 0.25) is 0 Å². The van der Waals surface area contributed by atoms with Crippen LogP contribution in [0.3, 0.4) is 0 Å². The fraction of sp³-hybridized carbons (Fsp3) is 0.800. The molecule has 1 saturated heterocycles. The molecular weight excluding hydrogens is 286 g/mol. The van der Waals surface area contributed by atoms with Crippen molar-refractivity contribution in [1.82, 2.24) is 10.3 Å². The molecule has 1 aliphatic rings. The number of morpholine rings is 1. The zero-order valence-electron chi connectivity index (χ0n) is 13.4.